The summed E-state index contributed by atoms with van der Waals surface area (Å²) in [5.74, 6) is 0. The number of rotatable bonds is 3. The maximum Gasteiger partial charge on any atom is 0.118 e. The molecule has 0 aliphatic heterocycles. The van der Waals surface area contributed by atoms with Crippen LogP contribution in [0.1, 0.15) is 0 Å². The van der Waals surface area contributed by atoms with Crippen molar-refractivity contribution in [3.63, 3.8) is 0 Å². The molecule has 82 valence electrons. The molecule has 16 heavy (non-hydrogen) atoms. The molecule has 0 radical (unpaired) electrons. The Hall–Kier alpha value is -2.17. The van der Waals surface area contributed by atoms with E-state index in [-0.39, 0.29) is 0 Å². The van der Waals surface area contributed by atoms with Crippen LogP contribution in [-0.4, -0.2) is 23.8 Å². The van der Waals surface area contributed by atoms with E-state index in [1.54, 1.807) is 23.4 Å². The maximum atomic E-state index is 4.08. The molecule has 2 aromatic rings. The second kappa shape index (κ2) is 4.57. The van der Waals surface area contributed by atoms with Crippen LogP contribution in [0.5, 0.6) is 0 Å². The fourth-order valence-electron chi connectivity index (χ4n) is 1.23. The van der Waals surface area contributed by atoms with Crippen LogP contribution in [0, 0.1) is 0 Å². The van der Waals surface area contributed by atoms with Gasteiger partial charge in [0, 0.05) is 26.0 Å². The average molecular weight is 215 g/mol. The van der Waals surface area contributed by atoms with Crippen molar-refractivity contribution in [3.8, 4) is 0 Å². The highest BCUT2D eigenvalue weighted by Crippen LogP contribution is 2.18. The lowest BCUT2D eigenvalue weighted by Gasteiger charge is -2.11. The van der Waals surface area contributed by atoms with E-state index in [0.717, 1.165) is 11.4 Å². The standard InChI is InChI=1S/C11H13N5/c1-15(2)11-5-3-10(4-6-11)13-14-16-8-7-12-9-16/h3-9H,1-2H3. The smallest absolute Gasteiger partial charge is 0.118 e. The lowest BCUT2D eigenvalue weighted by molar-refractivity contribution is 0.802. The minimum atomic E-state index is 0.819. The highest BCUT2D eigenvalue weighted by atomic mass is 15.5. The van der Waals surface area contributed by atoms with Gasteiger partial charge in [0.2, 0.25) is 0 Å². The summed E-state index contributed by atoms with van der Waals surface area (Å²) in [5, 5.41) is 8.06. The van der Waals surface area contributed by atoms with Crippen LogP contribution in [0.15, 0.2) is 53.3 Å². The van der Waals surface area contributed by atoms with Crippen LogP contribution in [-0.2, 0) is 0 Å². The summed E-state index contributed by atoms with van der Waals surface area (Å²) < 4.78 is 1.56. The van der Waals surface area contributed by atoms with Crippen LogP contribution in [0.25, 0.3) is 0 Å². The van der Waals surface area contributed by atoms with Crippen molar-refractivity contribution in [3.05, 3.63) is 43.0 Å². The molecule has 0 aliphatic carbocycles. The van der Waals surface area contributed by atoms with Crippen LogP contribution < -0.4 is 4.90 Å². The predicted octanol–water partition coefficient (Wildman–Crippen LogP) is 2.50. The Labute approximate surface area is 94.0 Å². The van der Waals surface area contributed by atoms with E-state index in [4.69, 9.17) is 0 Å². The Balaban J connectivity index is 2.11. The van der Waals surface area contributed by atoms with Crippen molar-refractivity contribution in [2.24, 2.45) is 10.3 Å². The van der Waals surface area contributed by atoms with Crippen LogP contribution in [0.4, 0.5) is 11.4 Å². The van der Waals surface area contributed by atoms with Crippen LogP contribution >= 0.6 is 0 Å². The Kier molecular flexibility index (Phi) is 2.95. The fourth-order valence-corrected chi connectivity index (χ4v) is 1.23. The summed E-state index contributed by atoms with van der Waals surface area (Å²) in [4.78, 5) is 5.91. The van der Waals surface area contributed by atoms with Gasteiger partial charge in [-0.2, -0.15) is 0 Å². The number of hydrogen-bond donors (Lipinski definition) is 0. The highest BCUT2D eigenvalue weighted by molar-refractivity contribution is 5.51. The summed E-state index contributed by atoms with van der Waals surface area (Å²) in [6, 6.07) is 7.86. The molecule has 0 aliphatic rings. The summed E-state index contributed by atoms with van der Waals surface area (Å²) in [7, 11) is 4.00. The Morgan fingerprint density at radius 1 is 1.19 bits per heavy atom. The molecule has 1 heterocycles. The number of hydrogen-bond acceptors (Lipinski definition) is 4. The van der Waals surface area contributed by atoms with Crippen molar-refractivity contribution in [1.82, 2.24) is 9.66 Å². The monoisotopic (exact) mass is 215 g/mol. The molecular weight excluding hydrogens is 202 g/mol. The lowest BCUT2D eigenvalue weighted by atomic mass is 10.3. The van der Waals surface area contributed by atoms with Gasteiger partial charge in [-0.1, -0.05) is 5.22 Å². The summed E-state index contributed by atoms with van der Waals surface area (Å²) in [5.41, 5.74) is 1.96. The molecular formula is C11H13N5. The van der Waals surface area contributed by atoms with Crippen molar-refractivity contribution in [1.29, 1.82) is 0 Å². The molecule has 0 unspecified atom stereocenters. The minimum absolute atomic E-state index is 0.819. The molecule has 0 N–H and O–H groups in total. The van der Waals surface area contributed by atoms with E-state index >= 15 is 0 Å². The van der Waals surface area contributed by atoms with Crippen molar-refractivity contribution in [2.45, 2.75) is 0 Å². The molecule has 0 fully saturated rings. The second-order valence-corrected chi connectivity index (χ2v) is 3.54. The van der Waals surface area contributed by atoms with Crippen LogP contribution in [0.2, 0.25) is 0 Å². The lowest BCUT2D eigenvalue weighted by Crippen LogP contribution is -2.07. The second-order valence-electron chi connectivity index (χ2n) is 3.54. The zero-order valence-corrected chi connectivity index (χ0v) is 9.28. The molecule has 0 spiro atoms. The number of benzene rings is 1. The first kappa shape index (κ1) is 10.4. The molecule has 0 saturated carbocycles. The largest absolute Gasteiger partial charge is 0.378 e. The van der Waals surface area contributed by atoms with E-state index in [9.17, 15) is 0 Å². The zero-order valence-electron chi connectivity index (χ0n) is 9.28. The average Bonchev–Trinajstić information content (AvgIpc) is 2.80. The molecule has 2 rings (SSSR count). The molecule has 0 bridgehead atoms. The van der Waals surface area contributed by atoms with Gasteiger partial charge in [0.15, 0.2) is 0 Å². The molecule has 1 aromatic carbocycles. The highest BCUT2D eigenvalue weighted by Gasteiger charge is 1.94. The van der Waals surface area contributed by atoms with E-state index in [1.807, 2.05) is 43.3 Å². The van der Waals surface area contributed by atoms with Gasteiger partial charge >= 0.3 is 0 Å². The minimum Gasteiger partial charge on any atom is -0.378 e. The van der Waals surface area contributed by atoms with Gasteiger partial charge in [-0.3, -0.25) is 0 Å². The first-order valence-electron chi connectivity index (χ1n) is 4.93. The van der Waals surface area contributed by atoms with Crippen molar-refractivity contribution < 1.29 is 0 Å². The van der Waals surface area contributed by atoms with Crippen molar-refractivity contribution >= 4 is 11.4 Å². The molecule has 1 aromatic heterocycles. The SMILES string of the molecule is CN(C)c1ccc(N=Nn2ccnc2)cc1. The van der Waals surface area contributed by atoms with Gasteiger partial charge in [-0.05, 0) is 24.3 Å². The third-order valence-electron chi connectivity index (χ3n) is 2.12. The third kappa shape index (κ3) is 2.44. The van der Waals surface area contributed by atoms with Crippen LogP contribution in [0.3, 0.4) is 0 Å². The van der Waals surface area contributed by atoms with Crippen molar-refractivity contribution in [2.75, 3.05) is 19.0 Å². The number of anilines is 1. The van der Waals surface area contributed by atoms with E-state index in [0.29, 0.717) is 0 Å². The van der Waals surface area contributed by atoms with Gasteiger partial charge in [0.05, 0.1) is 11.9 Å². The topological polar surface area (TPSA) is 45.8 Å². The third-order valence-corrected chi connectivity index (χ3v) is 2.12. The van der Waals surface area contributed by atoms with E-state index in [1.165, 1.54) is 0 Å². The number of imidazole rings is 1. The first-order valence-corrected chi connectivity index (χ1v) is 4.93. The van der Waals surface area contributed by atoms with Gasteiger partial charge in [0.25, 0.3) is 0 Å². The van der Waals surface area contributed by atoms with Gasteiger partial charge < -0.3 is 4.90 Å². The maximum absolute atomic E-state index is 4.08. The summed E-state index contributed by atoms with van der Waals surface area (Å²) >= 11 is 0. The molecule has 5 nitrogen and oxygen atoms in total. The zero-order chi connectivity index (χ0) is 11.4. The van der Waals surface area contributed by atoms with E-state index in [2.05, 4.69) is 15.3 Å². The molecule has 5 heteroatoms. The normalized spacial score (nSPS) is 10.9. The Bertz CT molecular complexity index is 456. The van der Waals surface area contributed by atoms with Gasteiger partial charge in [0.1, 0.15) is 6.33 Å². The number of aromatic nitrogens is 2. The molecule has 0 saturated heterocycles. The fraction of sp³-hybridized carbons (Fsp3) is 0.182. The summed E-state index contributed by atoms with van der Waals surface area (Å²) in [6.07, 6.45) is 4.99. The Morgan fingerprint density at radius 3 is 2.50 bits per heavy atom. The quantitative estimate of drug-likeness (QED) is 0.738. The van der Waals surface area contributed by atoms with E-state index < -0.39 is 0 Å². The number of nitrogens with zero attached hydrogens (tertiary/aromatic N) is 5. The molecule has 0 atom stereocenters. The predicted molar refractivity (Wildman–Crippen MR) is 62.9 cm³/mol. The molecule has 0 amide bonds. The first-order chi connectivity index (χ1) is 7.75. The summed E-state index contributed by atoms with van der Waals surface area (Å²) in [6.45, 7) is 0. The Morgan fingerprint density at radius 2 is 1.94 bits per heavy atom. The van der Waals surface area contributed by atoms with Gasteiger partial charge in [-0.25, -0.2) is 9.66 Å². The van der Waals surface area contributed by atoms with Gasteiger partial charge in [-0.15, -0.1) is 5.11 Å².